The summed E-state index contributed by atoms with van der Waals surface area (Å²) in [6.45, 7) is 13.9. The molecule has 1 N–H and O–H groups in total. The lowest BCUT2D eigenvalue weighted by Crippen LogP contribution is -2.37. The number of ether oxygens (including phenoxy) is 1. The van der Waals surface area contributed by atoms with Gasteiger partial charge in [-0.2, -0.15) is 0 Å². The highest BCUT2D eigenvalue weighted by molar-refractivity contribution is 4.61. The van der Waals surface area contributed by atoms with Crippen molar-refractivity contribution in [2.75, 3.05) is 45.9 Å². The monoisotopic (exact) mass is 218 g/mol. The molecule has 0 aromatic carbocycles. The first kappa shape index (κ1) is 14.9. The van der Waals surface area contributed by atoms with E-state index in [-0.39, 0.29) is 1.43 Å². The predicted octanol–water partition coefficient (Wildman–Crippen LogP) is 1.98. The van der Waals surface area contributed by atoms with Crippen molar-refractivity contribution in [3.8, 4) is 0 Å². The highest BCUT2D eigenvalue weighted by atomic mass is 16.5. The summed E-state index contributed by atoms with van der Waals surface area (Å²) in [6, 6.07) is 0. The van der Waals surface area contributed by atoms with Crippen molar-refractivity contribution in [1.29, 1.82) is 0 Å². The van der Waals surface area contributed by atoms with E-state index in [1.807, 2.05) is 0 Å². The molecule has 0 aliphatic carbocycles. The second-order valence-corrected chi connectivity index (χ2v) is 3.87. The van der Waals surface area contributed by atoms with Crippen molar-refractivity contribution in [1.82, 2.24) is 10.2 Å². The minimum Gasteiger partial charge on any atom is -0.379 e. The molecule has 0 aromatic heterocycles. The van der Waals surface area contributed by atoms with Crippen LogP contribution in [0.5, 0.6) is 0 Å². The van der Waals surface area contributed by atoms with Gasteiger partial charge < -0.3 is 10.1 Å². The van der Waals surface area contributed by atoms with E-state index in [9.17, 15) is 0 Å². The molecule has 0 aromatic rings. The van der Waals surface area contributed by atoms with Crippen LogP contribution < -0.4 is 5.32 Å². The zero-order chi connectivity index (χ0) is 11.4. The van der Waals surface area contributed by atoms with Gasteiger partial charge in [-0.3, -0.25) is 4.90 Å². The lowest BCUT2D eigenvalue weighted by atomic mass is 10.3. The van der Waals surface area contributed by atoms with E-state index in [1.165, 1.54) is 19.4 Å². The van der Waals surface area contributed by atoms with E-state index in [2.05, 4.69) is 31.0 Å². The molecule has 1 rings (SSSR count). The van der Waals surface area contributed by atoms with Gasteiger partial charge in [-0.25, -0.2) is 0 Å². The molecule has 0 amide bonds. The van der Waals surface area contributed by atoms with Crippen LogP contribution in [-0.4, -0.2) is 50.8 Å². The predicted molar refractivity (Wildman–Crippen MR) is 68.5 cm³/mol. The molecule has 3 heteroatoms. The van der Waals surface area contributed by atoms with E-state index >= 15 is 0 Å². The van der Waals surface area contributed by atoms with E-state index in [1.54, 1.807) is 0 Å². The zero-order valence-electron chi connectivity index (χ0n) is 10.7. The van der Waals surface area contributed by atoms with E-state index in [4.69, 9.17) is 4.74 Å². The molecule has 1 heterocycles. The number of hydrogen-bond donors (Lipinski definition) is 1. The molecule has 0 unspecified atom stereocenters. The number of hydrogen-bond acceptors (Lipinski definition) is 3. The number of rotatable bonds is 5. The van der Waals surface area contributed by atoms with E-state index < -0.39 is 0 Å². The summed E-state index contributed by atoms with van der Waals surface area (Å²) in [4.78, 5) is 2.47. The van der Waals surface area contributed by atoms with Gasteiger partial charge in [0, 0.05) is 14.5 Å². The average Bonchev–Trinajstić information content (AvgIpc) is 2.27. The van der Waals surface area contributed by atoms with Crippen molar-refractivity contribution in [3.63, 3.8) is 0 Å². The minimum atomic E-state index is 0. The fourth-order valence-corrected chi connectivity index (χ4v) is 1.43. The van der Waals surface area contributed by atoms with Crippen molar-refractivity contribution < 1.29 is 6.16 Å². The molecule has 0 bridgehead atoms. The maximum absolute atomic E-state index is 5.27. The lowest BCUT2D eigenvalue weighted by Gasteiger charge is -2.26. The summed E-state index contributed by atoms with van der Waals surface area (Å²) in [5, 5.41) is 3.33. The topological polar surface area (TPSA) is 24.5 Å². The maximum atomic E-state index is 5.27. The van der Waals surface area contributed by atoms with Crippen LogP contribution in [0.1, 0.15) is 35.0 Å². The van der Waals surface area contributed by atoms with E-state index in [0.717, 1.165) is 39.4 Å². The molecular weight excluding hydrogens is 188 g/mol. The Kier molecular flexibility index (Phi) is 11.9. The quantitative estimate of drug-likeness (QED) is 0.714. The van der Waals surface area contributed by atoms with Gasteiger partial charge in [0.2, 0.25) is 0 Å². The van der Waals surface area contributed by atoms with Gasteiger partial charge in [-0.05, 0) is 26.1 Å². The molecule has 1 saturated heterocycles. The van der Waals surface area contributed by atoms with Crippen LogP contribution in [0.15, 0.2) is 0 Å². The van der Waals surface area contributed by atoms with Crippen LogP contribution in [0.3, 0.4) is 0 Å². The molecular formula is C12H30N2O. The average molecular weight is 218 g/mol. The molecule has 0 atom stereocenters. The van der Waals surface area contributed by atoms with Crippen molar-refractivity contribution in [2.24, 2.45) is 0 Å². The second-order valence-electron chi connectivity index (χ2n) is 3.87. The molecule has 1 aliphatic heterocycles. The number of nitrogens with one attached hydrogen (secondary N) is 1. The zero-order valence-corrected chi connectivity index (χ0v) is 10.7. The standard InChI is InChI=1S/C9H20N2O.C3H8.H2/c1-2-10-4-3-5-11-6-8-12-9-7-11;1-3-2;/h10H,2-9H2,1H3;3H2,1-2H3;1H. The van der Waals surface area contributed by atoms with Gasteiger partial charge in [-0.1, -0.05) is 27.2 Å². The number of nitrogens with zero attached hydrogens (tertiary/aromatic N) is 1. The Balaban J connectivity index is 0. The van der Waals surface area contributed by atoms with Crippen LogP contribution in [0.2, 0.25) is 0 Å². The third-order valence-electron chi connectivity index (χ3n) is 2.18. The van der Waals surface area contributed by atoms with Crippen LogP contribution in [0, 0.1) is 0 Å². The van der Waals surface area contributed by atoms with Crippen molar-refractivity contribution >= 4 is 0 Å². The first-order valence-corrected chi connectivity index (χ1v) is 6.35. The fourth-order valence-electron chi connectivity index (χ4n) is 1.43. The normalized spacial score (nSPS) is 17.0. The van der Waals surface area contributed by atoms with Gasteiger partial charge >= 0.3 is 0 Å². The molecule has 0 spiro atoms. The largest absolute Gasteiger partial charge is 0.379 e. The maximum Gasteiger partial charge on any atom is 0.0594 e. The first-order valence-electron chi connectivity index (χ1n) is 6.35. The van der Waals surface area contributed by atoms with Gasteiger partial charge in [0.15, 0.2) is 0 Å². The molecule has 0 radical (unpaired) electrons. The van der Waals surface area contributed by atoms with Crippen LogP contribution in [-0.2, 0) is 4.74 Å². The Morgan fingerprint density at radius 1 is 1.20 bits per heavy atom. The smallest absolute Gasteiger partial charge is 0.0594 e. The SMILES string of the molecule is CCC.CCNCCCN1CCOCC1.[HH]. The fraction of sp³-hybridized carbons (Fsp3) is 1.00. The van der Waals surface area contributed by atoms with Crippen LogP contribution in [0.25, 0.3) is 0 Å². The lowest BCUT2D eigenvalue weighted by molar-refractivity contribution is 0.0375. The molecule has 94 valence electrons. The molecule has 1 aliphatic rings. The highest BCUT2D eigenvalue weighted by Gasteiger charge is 2.08. The van der Waals surface area contributed by atoms with Gasteiger partial charge in [0.1, 0.15) is 0 Å². The summed E-state index contributed by atoms with van der Waals surface area (Å²) in [5.41, 5.74) is 0. The molecule has 1 fully saturated rings. The third kappa shape index (κ3) is 10.2. The highest BCUT2D eigenvalue weighted by Crippen LogP contribution is 1.96. The van der Waals surface area contributed by atoms with Gasteiger partial charge in [-0.15, -0.1) is 0 Å². The van der Waals surface area contributed by atoms with Gasteiger partial charge in [0.25, 0.3) is 0 Å². The summed E-state index contributed by atoms with van der Waals surface area (Å²) in [5.74, 6) is 0. The Morgan fingerprint density at radius 3 is 2.33 bits per heavy atom. The summed E-state index contributed by atoms with van der Waals surface area (Å²) in [6.07, 6.45) is 2.51. The van der Waals surface area contributed by atoms with Gasteiger partial charge in [0.05, 0.1) is 13.2 Å². The summed E-state index contributed by atoms with van der Waals surface area (Å²) >= 11 is 0. The molecule has 3 nitrogen and oxygen atoms in total. The first-order chi connectivity index (χ1) is 7.35. The van der Waals surface area contributed by atoms with Crippen molar-refractivity contribution in [3.05, 3.63) is 0 Å². The third-order valence-corrected chi connectivity index (χ3v) is 2.18. The Hall–Kier alpha value is -0.120. The van der Waals surface area contributed by atoms with E-state index in [0.29, 0.717) is 0 Å². The minimum absolute atomic E-state index is 0. The summed E-state index contributed by atoms with van der Waals surface area (Å²) in [7, 11) is 0. The number of morpholine rings is 1. The molecule has 15 heavy (non-hydrogen) atoms. The van der Waals surface area contributed by atoms with Crippen LogP contribution in [0.4, 0.5) is 0 Å². The Morgan fingerprint density at radius 2 is 1.80 bits per heavy atom. The second kappa shape index (κ2) is 12.0. The summed E-state index contributed by atoms with van der Waals surface area (Å²) < 4.78 is 5.27. The Labute approximate surface area is 96.7 Å². The Bertz CT molecular complexity index is 120. The van der Waals surface area contributed by atoms with Crippen molar-refractivity contribution in [2.45, 2.75) is 33.6 Å². The van der Waals surface area contributed by atoms with Crippen LogP contribution >= 0.6 is 0 Å². The molecule has 0 saturated carbocycles.